The summed E-state index contributed by atoms with van der Waals surface area (Å²) in [4.78, 5) is 25.0. The molecule has 0 saturated carbocycles. The minimum Gasteiger partial charge on any atom is -0.497 e. The smallest absolute Gasteiger partial charge is 0.354 e. The number of aromatic carboxylic acids is 1. The Hall–Kier alpha value is -3.52. The SMILES string of the molecule is COc1ccc(Cc2ncc3n2-c2cc(Br)ccc2-c2ncnc(C(=O)O)c2C3)cc1. The van der Waals surface area contributed by atoms with Crippen molar-refractivity contribution in [3.05, 3.63) is 87.8 Å². The number of ether oxygens (including phenoxy) is 1. The van der Waals surface area contributed by atoms with Gasteiger partial charge in [-0.25, -0.2) is 19.7 Å². The second-order valence-electron chi connectivity index (χ2n) is 7.22. The summed E-state index contributed by atoms with van der Waals surface area (Å²) in [6.07, 6.45) is 4.10. The molecule has 31 heavy (non-hydrogen) atoms. The molecule has 0 spiro atoms. The molecule has 0 amide bonds. The van der Waals surface area contributed by atoms with Crippen molar-refractivity contribution in [1.29, 1.82) is 0 Å². The number of hydrogen-bond acceptors (Lipinski definition) is 5. The van der Waals surface area contributed by atoms with Crippen molar-refractivity contribution in [2.45, 2.75) is 12.8 Å². The average Bonchev–Trinajstić information content (AvgIpc) is 3.09. The van der Waals surface area contributed by atoms with E-state index in [9.17, 15) is 9.90 Å². The molecule has 1 N–H and O–H groups in total. The first-order valence-electron chi connectivity index (χ1n) is 9.61. The van der Waals surface area contributed by atoms with Crippen molar-refractivity contribution in [2.75, 3.05) is 7.11 Å². The van der Waals surface area contributed by atoms with Crippen LogP contribution >= 0.6 is 15.9 Å². The lowest BCUT2D eigenvalue weighted by atomic mass is 10.0. The van der Waals surface area contributed by atoms with Gasteiger partial charge in [-0.1, -0.05) is 28.1 Å². The zero-order chi connectivity index (χ0) is 21.5. The first-order valence-corrected chi connectivity index (χ1v) is 10.4. The fourth-order valence-corrected chi connectivity index (χ4v) is 4.32. The molecule has 1 aliphatic rings. The summed E-state index contributed by atoms with van der Waals surface area (Å²) in [5, 5.41) is 9.69. The van der Waals surface area contributed by atoms with Crippen LogP contribution < -0.4 is 4.74 Å². The van der Waals surface area contributed by atoms with E-state index in [0.717, 1.165) is 38.6 Å². The highest BCUT2D eigenvalue weighted by Gasteiger charge is 2.27. The van der Waals surface area contributed by atoms with Gasteiger partial charge in [-0.15, -0.1) is 0 Å². The molecule has 0 unspecified atom stereocenters. The molecule has 0 radical (unpaired) electrons. The number of carbonyl (C=O) groups is 1. The fourth-order valence-electron chi connectivity index (χ4n) is 3.97. The van der Waals surface area contributed by atoms with Crippen LogP contribution in [-0.4, -0.2) is 37.7 Å². The summed E-state index contributed by atoms with van der Waals surface area (Å²) in [5.74, 6) is 0.594. The van der Waals surface area contributed by atoms with Crippen LogP contribution in [0.3, 0.4) is 0 Å². The molecule has 0 saturated heterocycles. The number of nitrogens with zero attached hydrogens (tertiary/aromatic N) is 4. The first-order chi connectivity index (χ1) is 15.0. The second kappa shape index (κ2) is 7.63. The van der Waals surface area contributed by atoms with Crippen LogP contribution in [0.15, 0.2) is 59.5 Å². The standard InChI is InChI=1S/C23H17BrN4O3/c1-31-16-5-2-13(3-6-16)8-20-25-11-15-10-18-21(26-12-27-22(18)23(29)30)17-7-4-14(24)9-19(17)28(15)20/h2-7,9,11-12H,8,10H2,1H3,(H,29,30). The van der Waals surface area contributed by atoms with Crippen molar-refractivity contribution in [3.8, 4) is 22.7 Å². The van der Waals surface area contributed by atoms with E-state index in [-0.39, 0.29) is 5.69 Å². The fraction of sp³-hybridized carbons (Fsp3) is 0.130. The van der Waals surface area contributed by atoms with Gasteiger partial charge in [-0.3, -0.25) is 4.57 Å². The molecule has 0 fully saturated rings. The Morgan fingerprint density at radius 3 is 2.71 bits per heavy atom. The third-order valence-corrected chi connectivity index (χ3v) is 5.88. The molecule has 4 aromatic rings. The minimum atomic E-state index is -1.07. The minimum absolute atomic E-state index is 0.0187. The highest BCUT2D eigenvalue weighted by molar-refractivity contribution is 9.10. The maximum atomic E-state index is 11.8. The number of hydrogen-bond donors (Lipinski definition) is 1. The normalized spacial score (nSPS) is 11.8. The Balaban J connectivity index is 1.69. The highest BCUT2D eigenvalue weighted by atomic mass is 79.9. The van der Waals surface area contributed by atoms with Crippen molar-refractivity contribution >= 4 is 21.9 Å². The third kappa shape index (κ3) is 3.38. The Kier molecular flexibility index (Phi) is 4.78. The monoisotopic (exact) mass is 476 g/mol. The van der Waals surface area contributed by atoms with Gasteiger partial charge in [0, 0.05) is 40.3 Å². The van der Waals surface area contributed by atoms with E-state index in [1.165, 1.54) is 6.33 Å². The molecular weight excluding hydrogens is 460 g/mol. The van der Waals surface area contributed by atoms with E-state index in [4.69, 9.17) is 4.74 Å². The van der Waals surface area contributed by atoms with Crippen LogP contribution in [0.25, 0.3) is 16.9 Å². The highest BCUT2D eigenvalue weighted by Crippen LogP contribution is 2.37. The molecule has 154 valence electrons. The maximum Gasteiger partial charge on any atom is 0.354 e. The molecule has 5 rings (SSSR count). The van der Waals surface area contributed by atoms with Gasteiger partial charge in [-0.05, 0) is 35.9 Å². The molecule has 0 aliphatic carbocycles. The van der Waals surface area contributed by atoms with Crippen molar-refractivity contribution in [2.24, 2.45) is 0 Å². The number of carboxylic acids is 1. The molecule has 0 atom stereocenters. The number of halogens is 1. The third-order valence-electron chi connectivity index (χ3n) is 5.39. The Bertz CT molecular complexity index is 1320. The Morgan fingerprint density at radius 2 is 1.97 bits per heavy atom. The maximum absolute atomic E-state index is 11.8. The molecule has 7 nitrogen and oxygen atoms in total. The molecule has 8 heteroatoms. The lowest BCUT2D eigenvalue weighted by Crippen LogP contribution is -2.09. The average molecular weight is 477 g/mol. The zero-order valence-corrected chi connectivity index (χ0v) is 18.1. The van der Waals surface area contributed by atoms with Crippen LogP contribution in [0.1, 0.15) is 33.1 Å². The summed E-state index contributed by atoms with van der Waals surface area (Å²) in [7, 11) is 1.64. The number of fused-ring (bicyclic) bond motifs is 5. The Morgan fingerprint density at radius 1 is 1.16 bits per heavy atom. The van der Waals surface area contributed by atoms with Gasteiger partial charge in [0.1, 0.15) is 17.9 Å². The summed E-state index contributed by atoms with van der Waals surface area (Å²) < 4.78 is 8.26. The lowest BCUT2D eigenvalue weighted by molar-refractivity contribution is 0.0689. The summed E-state index contributed by atoms with van der Waals surface area (Å²) >= 11 is 3.57. The van der Waals surface area contributed by atoms with Crippen molar-refractivity contribution < 1.29 is 14.6 Å². The van der Waals surface area contributed by atoms with E-state index in [0.29, 0.717) is 24.1 Å². The van der Waals surface area contributed by atoms with E-state index in [2.05, 4.69) is 35.4 Å². The lowest BCUT2D eigenvalue weighted by Gasteiger charge is -2.14. The van der Waals surface area contributed by atoms with Crippen LogP contribution in [-0.2, 0) is 12.8 Å². The van der Waals surface area contributed by atoms with Crippen LogP contribution in [0.4, 0.5) is 0 Å². The predicted molar refractivity (Wildman–Crippen MR) is 118 cm³/mol. The van der Waals surface area contributed by atoms with E-state index >= 15 is 0 Å². The first kappa shape index (κ1) is 19.4. The van der Waals surface area contributed by atoms with Gasteiger partial charge in [-0.2, -0.15) is 0 Å². The van der Waals surface area contributed by atoms with Gasteiger partial charge in [0.05, 0.1) is 18.5 Å². The van der Waals surface area contributed by atoms with Crippen molar-refractivity contribution in [3.63, 3.8) is 0 Å². The van der Waals surface area contributed by atoms with Gasteiger partial charge >= 0.3 is 5.97 Å². The van der Waals surface area contributed by atoms with Gasteiger partial charge < -0.3 is 9.84 Å². The topological polar surface area (TPSA) is 90.1 Å². The van der Waals surface area contributed by atoms with E-state index in [1.54, 1.807) is 13.3 Å². The van der Waals surface area contributed by atoms with Crippen molar-refractivity contribution in [1.82, 2.24) is 19.5 Å². The van der Waals surface area contributed by atoms with Crippen LogP contribution in [0, 0.1) is 0 Å². The number of aromatic nitrogens is 4. The molecule has 0 bridgehead atoms. The number of carboxylic acid groups (broad SMARTS) is 1. The van der Waals surface area contributed by atoms with Gasteiger partial charge in [0.15, 0.2) is 5.69 Å². The number of imidazole rings is 1. The largest absolute Gasteiger partial charge is 0.497 e. The second-order valence-corrected chi connectivity index (χ2v) is 8.13. The number of rotatable bonds is 4. The Labute approximate surface area is 186 Å². The number of benzene rings is 2. The number of methoxy groups -OCH3 is 1. The molecule has 2 aromatic carbocycles. The molecular formula is C23H17BrN4O3. The van der Waals surface area contributed by atoms with Gasteiger partial charge in [0.25, 0.3) is 0 Å². The molecule has 1 aliphatic heterocycles. The summed E-state index contributed by atoms with van der Waals surface area (Å²) in [6, 6.07) is 13.8. The quantitative estimate of drug-likeness (QED) is 0.415. The predicted octanol–water partition coefficient (Wildman–Crippen LogP) is 4.29. The van der Waals surface area contributed by atoms with Crippen LogP contribution in [0.5, 0.6) is 5.75 Å². The summed E-state index contributed by atoms with van der Waals surface area (Å²) in [5.41, 5.74) is 4.97. The summed E-state index contributed by atoms with van der Waals surface area (Å²) in [6.45, 7) is 0. The van der Waals surface area contributed by atoms with Gasteiger partial charge in [0.2, 0.25) is 0 Å². The van der Waals surface area contributed by atoms with E-state index < -0.39 is 5.97 Å². The van der Waals surface area contributed by atoms with E-state index in [1.807, 2.05) is 42.5 Å². The molecule has 3 heterocycles. The molecule has 2 aromatic heterocycles. The zero-order valence-electron chi connectivity index (χ0n) is 16.5. The van der Waals surface area contributed by atoms with Crippen LogP contribution in [0.2, 0.25) is 0 Å².